The molecule has 0 radical (unpaired) electrons. The Morgan fingerprint density at radius 2 is 1.95 bits per heavy atom. The second-order valence-electron chi connectivity index (χ2n) is 5.49. The summed E-state index contributed by atoms with van der Waals surface area (Å²) < 4.78 is 61.8. The smallest absolute Gasteiger partial charge is 0.337 e. The van der Waals surface area contributed by atoms with E-state index in [0.29, 0.717) is 0 Å². The van der Waals surface area contributed by atoms with Crippen LogP contribution in [0.4, 0.5) is 13.2 Å². The molecule has 1 atom stereocenters. The van der Waals surface area contributed by atoms with Crippen LogP contribution in [0.25, 0.3) is 0 Å². The second-order valence-corrected chi connectivity index (χ2v) is 7.99. The molecular weight excluding hydrogens is 319 g/mol. The molecule has 116 valence electrons. The van der Waals surface area contributed by atoms with E-state index in [4.69, 9.17) is 11.6 Å². The summed E-state index contributed by atoms with van der Waals surface area (Å²) in [5.41, 5.74) is -1.87. The molecule has 0 N–H and O–H groups in total. The van der Waals surface area contributed by atoms with Crippen LogP contribution in [-0.2, 0) is 14.6 Å². The highest BCUT2D eigenvalue weighted by Gasteiger charge is 2.64. The number of hydrogen-bond acceptors (Lipinski definition) is 3. The van der Waals surface area contributed by atoms with Gasteiger partial charge in [-0.05, 0) is 19.3 Å². The first kappa shape index (κ1) is 15.9. The van der Waals surface area contributed by atoms with E-state index in [1.165, 1.54) is 0 Å². The maximum atomic E-state index is 13.0. The first-order valence-electron chi connectivity index (χ1n) is 6.23. The largest absolute Gasteiger partial charge is 0.396 e. The molecule has 2 fully saturated rings. The Morgan fingerprint density at radius 3 is 2.30 bits per heavy atom. The summed E-state index contributed by atoms with van der Waals surface area (Å²) in [5, 5.41) is 0. The minimum Gasteiger partial charge on any atom is -0.337 e. The van der Waals surface area contributed by atoms with Gasteiger partial charge in [0.1, 0.15) is 5.88 Å². The average Bonchev–Trinajstić information content (AvgIpc) is 3.04. The summed E-state index contributed by atoms with van der Waals surface area (Å²) in [7, 11) is -3.27. The highest BCUT2D eigenvalue weighted by molar-refractivity contribution is 7.91. The molecule has 0 spiro atoms. The molecule has 1 heterocycles. The summed E-state index contributed by atoms with van der Waals surface area (Å²) in [6.07, 6.45) is -4.25. The van der Waals surface area contributed by atoms with E-state index in [9.17, 15) is 26.4 Å². The minimum absolute atomic E-state index is 0.0258. The fraction of sp³-hybridized carbons (Fsp3) is 0.909. The minimum atomic E-state index is -4.38. The lowest BCUT2D eigenvalue weighted by Crippen LogP contribution is -2.48. The van der Waals surface area contributed by atoms with E-state index in [-0.39, 0.29) is 30.8 Å². The van der Waals surface area contributed by atoms with Crippen molar-refractivity contribution in [1.82, 2.24) is 4.90 Å². The summed E-state index contributed by atoms with van der Waals surface area (Å²) in [4.78, 5) is 12.8. The average molecular weight is 334 g/mol. The van der Waals surface area contributed by atoms with Gasteiger partial charge in [0.05, 0.1) is 16.9 Å². The van der Waals surface area contributed by atoms with Gasteiger partial charge in [-0.3, -0.25) is 4.79 Å². The Morgan fingerprint density at radius 1 is 1.35 bits per heavy atom. The van der Waals surface area contributed by atoms with Crippen molar-refractivity contribution in [1.29, 1.82) is 0 Å². The van der Waals surface area contributed by atoms with Crippen LogP contribution in [0.3, 0.4) is 0 Å². The Kier molecular flexibility index (Phi) is 4.01. The maximum Gasteiger partial charge on any atom is 0.396 e. The molecule has 2 aliphatic rings. The predicted octanol–water partition coefficient (Wildman–Crippen LogP) is 1.58. The molecule has 1 aliphatic heterocycles. The quantitative estimate of drug-likeness (QED) is 0.734. The Bertz CT molecular complexity index is 502. The number of alkyl halides is 4. The maximum absolute atomic E-state index is 13.0. The number of rotatable bonds is 4. The molecular formula is C11H15ClF3NO3S. The molecule has 0 aromatic carbocycles. The molecule has 4 nitrogen and oxygen atoms in total. The predicted molar refractivity (Wildman–Crippen MR) is 67.2 cm³/mol. The highest BCUT2D eigenvalue weighted by Crippen LogP contribution is 2.58. The van der Waals surface area contributed by atoms with Gasteiger partial charge in [0, 0.05) is 12.6 Å². The van der Waals surface area contributed by atoms with Gasteiger partial charge in [0.2, 0.25) is 5.91 Å². The normalized spacial score (nSPS) is 27.3. The molecule has 1 amide bonds. The van der Waals surface area contributed by atoms with Gasteiger partial charge in [-0.25, -0.2) is 8.42 Å². The van der Waals surface area contributed by atoms with Gasteiger partial charge in [0.25, 0.3) is 0 Å². The number of carbonyl (C=O) groups is 1. The number of nitrogens with zero attached hydrogens (tertiary/aromatic N) is 1. The van der Waals surface area contributed by atoms with Gasteiger partial charge in [-0.15, -0.1) is 11.6 Å². The van der Waals surface area contributed by atoms with Gasteiger partial charge in [-0.2, -0.15) is 13.2 Å². The molecule has 0 aromatic rings. The first-order chi connectivity index (χ1) is 9.10. The van der Waals surface area contributed by atoms with Crippen molar-refractivity contribution in [3.05, 3.63) is 0 Å². The van der Waals surface area contributed by atoms with Crippen LogP contribution in [0.5, 0.6) is 0 Å². The van der Waals surface area contributed by atoms with Crippen molar-refractivity contribution in [3.63, 3.8) is 0 Å². The van der Waals surface area contributed by atoms with Crippen molar-refractivity contribution < 1.29 is 26.4 Å². The lowest BCUT2D eigenvalue weighted by Gasteiger charge is -2.32. The van der Waals surface area contributed by atoms with E-state index >= 15 is 0 Å². The molecule has 1 saturated carbocycles. The van der Waals surface area contributed by atoms with Crippen LogP contribution < -0.4 is 0 Å². The van der Waals surface area contributed by atoms with Crippen LogP contribution in [0.15, 0.2) is 0 Å². The number of hydrogen-bond donors (Lipinski definition) is 0. The molecule has 1 saturated heterocycles. The monoisotopic (exact) mass is 333 g/mol. The zero-order valence-electron chi connectivity index (χ0n) is 10.6. The summed E-state index contributed by atoms with van der Waals surface area (Å²) in [6, 6.07) is -0.689. The van der Waals surface area contributed by atoms with Crippen molar-refractivity contribution in [2.75, 3.05) is 23.9 Å². The van der Waals surface area contributed by atoms with Crippen molar-refractivity contribution in [2.24, 2.45) is 5.41 Å². The highest BCUT2D eigenvalue weighted by atomic mass is 35.5. The zero-order chi connectivity index (χ0) is 15.2. The molecule has 9 heteroatoms. The molecule has 1 unspecified atom stereocenters. The Balaban J connectivity index is 2.16. The summed E-state index contributed by atoms with van der Waals surface area (Å²) in [5.74, 6) is -1.44. The number of carbonyl (C=O) groups excluding carboxylic acids is 1. The first-order valence-corrected chi connectivity index (χ1v) is 8.58. The van der Waals surface area contributed by atoms with Gasteiger partial charge in [-0.1, -0.05) is 0 Å². The van der Waals surface area contributed by atoms with Gasteiger partial charge in [0.15, 0.2) is 9.84 Å². The Hall–Kier alpha value is -0.500. The Labute approximate surface area is 120 Å². The van der Waals surface area contributed by atoms with Crippen LogP contribution in [0, 0.1) is 5.41 Å². The number of amides is 1. The van der Waals surface area contributed by atoms with Gasteiger partial charge < -0.3 is 4.90 Å². The SMILES string of the molecule is O=C(CCl)N(CC1(C(F)(F)F)CC1)C1CCS(=O)(=O)C1. The molecule has 20 heavy (non-hydrogen) atoms. The molecule has 2 rings (SSSR count). The third-order valence-electron chi connectivity index (χ3n) is 4.01. The summed E-state index contributed by atoms with van der Waals surface area (Å²) in [6.45, 7) is -0.484. The van der Waals surface area contributed by atoms with E-state index in [0.717, 1.165) is 4.90 Å². The fourth-order valence-corrected chi connectivity index (χ4v) is 4.41. The molecule has 0 bridgehead atoms. The molecule has 0 aromatic heterocycles. The lowest BCUT2D eigenvalue weighted by molar-refractivity contribution is -0.193. The van der Waals surface area contributed by atoms with E-state index in [1.54, 1.807) is 0 Å². The second kappa shape index (κ2) is 5.05. The topological polar surface area (TPSA) is 54.5 Å². The third kappa shape index (κ3) is 3.05. The lowest BCUT2D eigenvalue weighted by atomic mass is 10.0. The van der Waals surface area contributed by atoms with Crippen molar-refractivity contribution >= 4 is 27.3 Å². The fourth-order valence-electron chi connectivity index (χ4n) is 2.53. The molecule has 1 aliphatic carbocycles. The van der Waals surface area contributed by atoms with E-state index in [1.807, 2.05) is 0 Å². The van der Waals surface area contributed by atoms with Crippen molar-refractivity contribution in [3.8, 4) is 0 Å². The zero-order valence-corrected chi connectivity index (χ0v) is 12.2. The standard InChI is InChI=1S/C11H15ClF3NO3S/c12-5-9(17)16(8-1-4-20(18,19)6-8)7-10(2-3-10)11(13,14)15/h8H,1-7H2. The van der Waals surface area contributed by atoms with E-state index in [2.05, 4.69) is 0 Å². The van der Waals surface area contributed by atoms with Crippen LogP contribution in [0.2, 0.25) is 0 Å². The number of sulfone groups is 1. The van der Waals surface area contributed by atoms with Crippen LogP contribution >= 0.6 is 11.6 Å². The van der Waals surface area contributed by atoms with Crippen molar-refractivity contribution in [2.45, 2.75) is 31.5 Å². The van der Waals surface area contributed by atoms with E-state index < -0.39 is 45.8 Å². The van der Waals surface area contributed by atoms with Crippen LogP contribution in [-0.4, -0.2) is 55.4 Å². The summed E-state index contributed by atoms with van der Waals surface area (Å²) >= 11 is 5.44. The van der Waals surface area contributed by atoms with Crippen LogP contribution in [0.1, 0.15) is 19.3 Å². The third-order valence-corrected chi connectivity index (χ3v) is 5.99. The number of halogens is 4. The van der Waals surface area contributed by atoms with Gasteiger partial charge >= 0.3 is 6.18 Å².